The molecule has 6 nitrogen and oxygen atoms in total. The highest BCUT2D eigenvalue weighted by molar-refractivity contribution is 8.01. The molecule has 2 aromatic carbocycles. The normalized spacial score (nSPS) is 16.2. The van der Waals surface area contributed by atoms with Gasteiger partial charge in [0.15, 0.2) is 9.84 Å². The van der Waals surface area contributed by atoms with Gasteiger partial charge < -0.3 is 10.6 Å². The molecular weight excluding hydrogens is 396 g/mol. The van der Waals surface area contributed by atoms with Crippen molar-refractivity contribution in [3.63, 3.8) is 0 Å². The van der Waals surface area contributed by atoms with Crippen LogP contribution in [-0.2, 0) is 26.0 Å². The van der Waals surface area contributed by atoms with Crippen molar-refractivity contribution in [2.24, 2.45) is 0 Å². The van der Waals surface area contributed by atoms with Crippen molar-refractivity contribution in [2.75, 3.05) is 11.1 Å². The molecule has 3 rings (SSSR count). The van der Waals surface area contributed by atoms with E-state index in [0.29, 0.717) is 18.7 Å². The Hall–Kier alpha value is -2.32. The molecule has 0 unspecified atom stereocenters. The van der Waals surface area contributed by atoms with Crippen molar-refractivity contribution in [3.8, 4) is 0 Å². The number of hydrogen-bond donors (Lipinski definition) is 2. The monoisotopic (exact) mass is 418 g/mol. The summed E-state index contributed by atoms with van der Waals surface area (Å²) < 4.78 is 25.2. The Bertz CT molecular complexity index is 975. The minimum absolute atomic E-state index is 0.109. The Kier molecular flexibility index (Phi) is 6.41. The molecule has 0 radical (unpaired) electrons. The number of fused-ring (bicyclic) bond motifs is 1. The van der Waals surface area contributed by atoms with E-state index in [1.807, 2.05) is 37.3 Å². The summed E-state index contributed by atoms with van der Waals surface area (Å²) in [6.07, 6.45) is 0.583. The maximum absolute atomic E-state index is 12.6. The molecule has 0 fully saturated rings. The average molecular weight is 419 g/mol. The first kappa shape index (κ1) is 20.4. The summed E-state index contributed by atoms with van der Waals surface area (Å²) in [7, 11) is -3.63. The van der Waals surface area contributed by atoms with E-state index in [1.165, 1.54) is 23.9 Å². The molecule has 1 heterocycles. The fourth-order valence-electron chi connectivity index (χ4n) is 2.82. The lowest BCUT2D eigenvalue weighted by Gasteiger charge is -2.23. The number of sulfone groups is 1. The highest BCUT2D eigenvalue weighted by Gasteiger charge is 2.27. The quantitative estimate of drug-likeness (QED) is 0.721. The zero-order chi connectivity index (χ0) is 20.1. The zero-order valence-corrected chi connectivity index (χ0v) is 17.1. The van der Waals surface area contributed by atoms with Crippen molar-refractivity contribution in [2.45, 2.75) is 41.4 Å². The molecular formula is C20H22N2O4S2. The van der Waals surface area contributed by atoms with Crippen LogP contribution in [0.5, 0.6) is 0 Å². The van der Waals surface area contributed by atoms with Crippen LogP contribution in [0.3, 0.4) is 0 Å². The van der Waals surface area contributed by atoms with Crippen molar-refractivity contribution < 1.29 is 18.0 Å². The van der Waals surface area contributed by atoms with Gasteiger partial charge in [0.25, 0.3) is 0 Å². The lowest BCUT2D eigenvalue weighted by Crippen LogP contribution is -2.28. The van der Waals surface area contributed by atoms with Crippen LogP contribution in [0.25, 0.3) is 0 Å². The summed E-state index contributed by atoms with van der Waals surface area (Å²) in [6.45, 7) is 2.30. The maximum Gasteiger partial charge on any atom is 0.237 e. The fraction of sp³-hybridized carbons (Fsp3) is 0.300. The Labute approximate surface area is 169 Å². The highest BCUT2D eigenvalue weighted by Crippen LogP contribution is 2.38. The van der Waals surface area contributed by atoms with Crippen molar-refractivity contribution in [3.05, 3.63) is 54.1 Å². The lowest BCUT2D eigenvalue weighted by atomic mass is 10.2. The molecule has 0 saturated heterocycles. The van der Waals surface area contributed by atoms with Crippen molar-refractivity contribution in [1.29, 1.82) is 0 Å². The van der Waals surface area contributed by atoms with Crippen LogP contribution < -0.4 is 10.6 Å². The predicted octanol–water partition coefficient (Wildman–Crippen LogP) is 2.99. The first-order chi connectivity index (χ1) is 13.4. The number of nitrogens with one attached hydrogen (secondary N) is 2. The largest absolute Gasteiger partial charge is 0.352 e. The molecule has 0 aliphatic carbocycles. The second kappa shape index (κ2) is 8.79. The Morgan fingerprint density at radius 3 is 2.64 bits per heavy atom. The molecule has 0 saturated carbocycles. The molecule has 0 aromatic heterocycles. The molecule has 8 heteroatoms. The molecule has 0 bridgehead atoms. The summed E-state index contributed by atoms with van der Waals surface area (Å²) >= 11 is 1.44. The first-order valence-corrected chi connectivity index (χ1v) is 11.6. The van der Waals surface area contributed by atoms with Crippen molar-refractivity contribution in [1.82, 2.24) is 5.32 Å². The van der Waals surface area contributed by atoms with Crippen LogP contribution >= 0.6 is 11.8 Å². The van der Waals surface area contributed by atoms with E-state index in [1.54, 1.807) is 6.07 Å². The molecule has 2 amide bonds. The third-order valence-electron chi connectivity index (χ3n) is 4.43. The standard InChI is InChI=1S/C20H22N2O4S2/c1-2-17-20(24)22-16-12-15(8-9-18(16)27-17)28(25,26)11-10-19(23)21-13-14-6-4-3-5-7-14/h3-9,12,17H,2,10-11,13H2,1H3,(H,21,23)(H,22,24)/t17-/m0/s1. The van der Waals surface area contributed by atoms with Crippen LogP contribution in [-0.4, -0.2) is 31.2 Å². The second-order valence-electron chi connectivity index (χ2n) is 6.49. The van der Waals surface area contributed by atoms with Crippen LogP contribution in [0, 0.1) is 0 Å². The number of anilines is 1. The smallest absolute Gasteiger partial charge is 0.237 e. The minimum Gasteiger partial charge on any atom is -0.352 e. The van der Waals surface area contributed by atoms with Crippen molar-refractivity contribution >= 4 is 39.1 Å². The second-order valence-corrected chi connectivity index (χ2v) is 9.85. The Morgan fingerprint density at radius 1 is 1.18 bits per heavy atom. The number of benzene rings is 2. The molecule has 28 heavy (non-hydrogen) atoms. The van der Waals surface area contributed by atoms with Gasteiger partial charge in [-0.2, -0.15) is 0 Å². The van der Waals surface area contributed by atoms with Gasteiger partial charge in [-0.15, -0.1) is 11.8 Å². The molecule has 1 atom stereocenters. The Morgan fingerprint density at radius 2 is 1.93 bits per heavy atom. The van der Waals surface area contributed by atoms with Crippen LogP contribution in [0.2, 0.25) is 0 Å². The number of thioether (sulfide) groups is 1. The van der Waals surface area contributed by atoms with E-state index in [4.69, 9.17) is 0 Å². The van der Waals surface area contributed by atoms with Gasteiger partial charge in [-0.25, -0.2) is 8.42 Å². The molecule has 1 aliphatic rings. The first-order valence-electron chi connectivity index (χ1n) is 9.04. The SMILES string of the molecule is CC[C@@H]1Sc2ccc(S(=O)(=O)CCC(=O)NCc3ccccc3)cc2NC1=O. The summed E-state index contributed by atoms with van der Waals surface area (Å²) in [5, 5.41) is 5.34. The minimum atomic E-state index is -3.63. The number of rotatable bonds is 7. The van der Waals surface area contributed by atoms with Crippen LogP contribution in [0.15, 0.2) is 58.3 Å². The predicted molar refractivity (Wildman–Crippen MR) is 110 cm³/mol. The summed E-state index contributed by atoms with van der Waals surface area (Å²) in [5.74, 6) is -0.722. The number of amides is 2. The van der Waals surface area contributed by atoms with Gasteiger partial charge in [0.1, 0.15) is 0 Å². The van der Waals surface area contributed by atoms with Gasteiger partial charge in [-0.1, -0.05) is 37.3 Å². The fourth-order valence-corrected chi connectivity index (χ4v) is 5.11. The van der Waals surface area contributed by atoms with E-state index >= 15 is 0 Å². The van der Waals surface area contributed by atoms with Gasteiger partial charge in [-0.3, -0.25) is 9.59 Å². The molecule has 2 N–H and O–H groups in total. The topological polar surface area (TPSA) is 92.3 Å². The van der Waals surface area contributed by atoms with E-state index in [2.05, 4.69) is 10.6 Å². The van der Waals surface area contributed by atoms with Gasteiger partial charge in [-0.05, 0) is 30.2 Å². The van der Waals surface area contributed by atoms with E-state index in [0.717, 1.165) is 10.5 Å². The van der Waals surface area contributed by atoms with Gasteiger partial charge in [0.05, 0.1) is 21.6 Å². The third-order valence-corrected chi connectivity index (χ3v) is 7.59. The van der Waals surface area contributed by atoms with E-state index in [-0.39, 0.29) is 34.1 Å². The highest BCUT2D eigenvalue weighted by atomic mass is 32.2. The zero-order valence-electron chi connectivity index (χ0n) is 15.5. The van der Waals surface area contributed by atoms with Gasteiger partial charge in [0, 0.05) is 17.9 Å². The number of carbonyl (C=O) groups is 2. The van der Waals surface area contributed by atoms with E-state index < -0.39 is 9.84 Å². The summed E-state index contributed by atoms with van der Waals surface area (Å²) in [5.41, 5.74) is 1.46. The molecule has 148 valence electrons. The average Bonchev–Trinajstić information content (AvgIpc) is 2.70. The van der Waals surface area contributed by atoms with Gasteiger partial charge in [0.2, 0.25) is 11.8 Å². The third kappa shape index (κ3) is 4.94. The lowest BCUT2D eigenvalue weighted by molar-refractivity contribution is -0.121. The maximum atomic E-state index is 12.6. The van der Waals surface area contributed by atoms with E-state index in [9.17, 15) is 18.0 Å². The molecule has 0 spiro atoms. The van der Waals surface area contributed by atoms with Crippen LogP contribution in [0.1, 0.15) is 25.3 Å². The van der Waals surface area contributed by atoms with Crippen LogP contribution in [0.4, 0.5) is 5.69 Å². The number of hydrogen-bond acceptors (Lipinski definition) is 5. The Balaban J connectivity index is 1.61. The van der Waals surface area contributed by atoms with Gasteiger partial charge >= 0.3 is 0 Å². The summed E-state index contributed by atoms with van der Waals surface area (Å²) in [6, 6.07) is 14.1. The molecule has 1 aliphatic heterocycles. The molecule has 2 aromatic rings. The number of carbonyl (C=O) groups excluding carboxylic acids is 2. The summed E-state index contributed by atoms with van der Waals surface area (Å²) in [4.78, 5) is 25.0.